The van der Waals surface area contributed by atoms with Crippen molar-refractivity contribution in [2.24, 2.45) is 5.41 Å². The summed E-state index contributed by atoms with van der Waals surface area (Å²) in [5, 5.41) is 17.0. The van der Waals surface area contributed by atoms with E-state index in [0.29, 0.717) is 6.42 Å². The van der Waals surface area contributed by atoms with E-state index in [4.69, 9.17) is 5.11 Å². The van der Waals surface area contributed by atoms with Crippen LogP contribution in [0.5, 0.6) is 0 Å². The zero-order valence-corrected chi connectivity index (χ0v) is 9.92. The van der Waals surface area contributed by atoms with Crippen LogP contribution in [0.25, 0.3) is 5.65 Å². The fourth-order valence-corrected chi connectivity index (χ4v) is 1.91. The van der Waals surface area contributed by atoms with Gasteiger partial charge in [-0.3, -0.25) is 9.20 Å². The number of rotatable bonds is 4. The van der Waals surface area contributed by atoms with Crippen LogP contribution >= 0.6 is 0 Å². The minimum atomic E-state index is -0.788. The predicted octanol–water partition coefficient (Wildman–Crippen LogP) is 1.77. The maximum atomic E-state index is 10.8. The first-order valence-electron chi connectivity index (χ1n) is 5.48. The molecule has 2 heterocycles. The van der Waals surface area contributed by atoms with E-state index < -0.39 is 5.97 Å². The van der Waals surface area contributed by atoms with E-state index in [0.717, 1.165) is 11.5 Å². The molecule has 0 spiro atoms. The van der Waals surface area contributed by atoms with Gasteiger partial charge in [0.2, 0.25) is 0 Å². The summed E-state index contributed by atoms with van der Waals surface area (Å²) in [6.07, 6.45) is 2.60. The highest BCUT2D eigenvalue weighted by molar-refractivity contribution is 5.67. The van der Waals surface area contributed by atoms with Crippen LogP contribution in [0.1, 0.15) is 26.1 Å². The Labute approximate surface area is 99.1 Å². The van der Waals surface area contributed by atoms with Crippen molar-refractivity contribution in [2.75, 3.05) is 0 Å². The molecule has 2 rings (SSSR count). The number of hydrogen-bond acceptors (Lipinski definition) is 3. The Morgan fingerprint density at radius 1 is 1.41 bits per heavy atom. The molecule has 2 aromatic rings. The molecule has 0 aromatic carbocycles. The number of pyridine rings is 1. The van der Waals surface area contributed by atoms with Gasteiger partial charge in [-0.1, -0.05) is 19.9 Å². The number of hydrogen-bond donors (Lipinski definition) is 1. The van der Waals surface area contributed by atoms with Gasteiger partial charge in [-0.2, -0.15) is 0 Å². The Morgan fingerprint density at radius 2 is 2.18 bits per heavy atom. The Kier molecular flexibility index (Phi) is 2.83. The molecule has 0 radical (unpaired) electrons. The lowest BCUT2D eigenvalue weighted by atomic mass is 9.85. The van der Waals surface area contributed by atoms with Crippen molar-refractivity contribution >= 4 is 11.6 Å². The molecule has 0 saturated carbocycles. The Bertz CT molecular complexity index is 545. The molecule has 0 unspecified atom stereocenters. The second-order valence-corrected chi connectivity index (χ2v) is 4.96. The van der Waals surface area contributed by atoms with Crippen molar-refractivity contribution in [3.8, 4) is 0 Å². The van der Waals surface area contributed by atoms with Gasteiger partial charge in [-0.15, -0.1) is 10.2 Å². The van der Waals surface area contributed by atoms with Crippen LogP contribution in [0.15, 0.2) is 24.4 Å². The third kappa shape index (κ3) is 2.61. The maximum absolute atomic E-state index is 10.8. The van der Waals surface area contributed by atoms with Crippen molar-refractivity contribution in [1.82, 2.24) is 14.6 Å². The van der Waals surface area contributed by atoms with E-state index in [1.165, 1.54) is 0 Å². The van der Waals surface area contributed by atoms with Gasteiger partial charge in [-0.25, -0.2) is 0 Å². The molecule has 0 aliphatic rings. The summed E-state index contributed by atoms with van der Waals surface area (Å²) in [5.41, 5.74) is 0.457. The third-order valence-corrected chi connectivity index (χ3v) is 2.65. The van der Waals surface area contributed by atoms with E-state index in [-0.39, 0.29) is 11.8 Å². The van der Waals surface area contributed by atoms with Gasteiger partial charge in [0.05, 0.1) is 6.42 Å². The van der Waals surface area contributed by atoms with Crippen LogP contribution in [0.3, 0.4) is 0 Å². The molecule has 5 nitrogen and oxygen atoms in total. The Morgan fingerprint density at radius 3 is 2.88 bits per heavy atom. The highest BCUT2D eigenvalue weighted by atomic mass is 16.4. The number of carboxylic acid groups (broad SMARTS) is 1. The summed E-state index contributed by atoms with van der Waals surface area (Å²) in [5.74, 6) is 0.00988. The summed E-state index contributed by atoms with van der Waals surface area (Å²) >= 11 is 0. The van der Waals surface area contributed by atoms with Crippen molar-refractivity contribution in [3.05, 3.63) is 30.2 Å². The monoisotopic (exact) mass is 233 g/mol. The van der Waals surface area contributed by atoms with Crippen LogP contribution < -0.4 is 0 Å². The number of carboxylic acids is 1. The van der Waals surface area contributed by atoms with Gasteiger partial charge in [0.25, 0.3) is 0 Å². The first-order valence-corrected chi connectivity index (χ1v) is 5.48. The van der Waals surface area contributed by atoms with Crippen LogP contribution in [0.4, 0.5) is 0 Å². The van der Waals surface area contributed by atoms with Gasteiger partial charge in [0, 0.05) is 12.6 Å². The molecule has 0 bridgehead atoms. The first kappa shape index (κ1) is 11.6. The minimum Gasteiger partial charge on any atom is -0.481 e. The van der Waals surface area contributed by atoms with Gasteiger partial charge >= 0.3 is 5.97 Å². The van der Waals surface area contributed by atoms with E-state index in [9.17, 15) is 4.79 Å². The molecule has 0 aliphatic carbocycles. The van der Waals surface area contributed by atoms with E-state index >= 15 is 0 Å². The quantitative estimate of drug-likeness (QED) is 0.873. The summed E-state index contributed by atoms with van der Waals surface area (Å²) in [7, 11) is 0. The summed E-state index contributed by atoms with van der Waals surface area (Å²) in [4.78, 5) is 10.8. The predicted molar refractivity (Wildman–Crippen MR) is 62.7 cm³/mol. The normalized spacial score (nSPS) is 11.9. The smallest absolute Gasteiger partial charge is 0.303 e. The lowest BCUT2D eigenvalue weighted by molar-refractivity contribution is -0.139. The van der Waals surface area contributed by atoms with Crippen molar-refractivity contribution < 1.29 is 9.90 Å². The maximum Gasteiger partial charge on any atom is 0.303 e. The first-order chi connectivity index (χ1) is 7.98. The average molecular weight is 233 g/mol. The average Bonchev–Trinajstić information content (AvgIpc) is 2.59. The van der Waals surface area contributed by atoms with Crippen LogP contribution in [-0.2, 0) is 11.2 Å². The second kappa shape index (κ2) is 4.16. The number of aromatic nitrogens is 3. The molecular formula is C12H15N3O2. The van der Waals surface area contributed by atoms with Crippen LogP contribution in [0.2, 0.25) is 0 Å². The number of fused-ring (bicyclic) bond motifs is 1. The molecule has 0 fully saturated rings. The van der Waals surface area contributed by atoms with Crippen LogP contribution in [-0.4, -0.2) is 25.7 Å². The number of carbonyl (C=O) groups is 1. The highest BCUT2D eigenvalue weighted by Gasteiger charge is 2.24. The summed E-state index contributed by atoms with van der Waals surface area (Å²) in [6, 6.07) is 5.68. The number of nitrogens with zero attached hydrogens (tertiary/aromatic N) is 3. The molecule has 0 saturated heterocycles. The molecule has 0 aliphatic heterocycles. The minimum absolute atomic E-state index is 0.120. The van der Waals surface area contributed by atoms with E-state index in [1.54, 1.807) is 0 Å². The van der Waals surface area contributed by atoms with Crippen LogP contribution in [0, 0.1) is 5.41 Å². The third-order valence-electron chi connectivity index (χ3n) is 2.65. The van der Waals surface area contributed by atoms with Crippen molar-refractivity contribution in [3.63, 3.8) is 0 Å². The largest absolute Gasteiger partial charge is 0.481 e. The van der Waals surface area contributed by atoms with Gasteiger partial charge in [0.15, 0.2) is 5.65 Å². The van der Waals surface area contributed by atoms with Crippen molar-refractivity contribution in [2.45, 2.75) is 26.7 Å². The fourth-order valence-electron chi connectivity index (χ4n) is 1.91. The number of aliphatic carboxylic acids is 1. The summed E-state index contributed by atoms with van der Waals surface area (Å²) < 4.78 is 1.89. The van der Waals surface area contributed by atoms with E-state index in [1.807, 2.05) is 42.6 Å². The Balaban J connectivity index is 2.26. The molecular weight excluding hydrogens is 218 g/mol. The zero-order chi connectivity index (χ0) is 12.5. The topological polar surface area (TPSA) is 67.5 Å². The van der Waals surface area contributed by atoms with Crippen molar-refractivity contribution in [1.29, 1.82) is 0 Å². The molecule has 2 aromatic heterocycles. The molecule has 0 amide bonds. The SMILES string of the molecule is CC(C)(CC(=O)O)Cc1nnc2ccccn12. The lowest BCUT2D eigenvalue weighted by Gasteiger charge is -2.20. The molecule has 17 heavy (non-hydrogen) atoms. The molecule has 0 atom stereocenters. The molecule has 90 valence electrons. The molecule has 1 N–H and O–H groups in total. The fraction of sp³-hybridized carbons (Fsp3) is 0.417. The zero-order valence-electron chi connectivity index (χ0n) is 9.92. The Hall–Kier alpha value is -1.91. The van der Waals surface area contributed by atoms with Gasteiger partial charge in [-0.05, 0) is 17.5 Å². The van der Waals surface area contributed by atoms with E-state index in [2.05, 4.69) is 10.2 Å². The second-order valence-electron chi connectivity index (χ2n) is 4.96. The van der Waals surface area contributed by atoms with Gasteiger partial charge in [0.1, 0.15) is 5.82 Å². The summed E-state index contributed by atoms with van der Waals surface area (Å²) in [6.45, 7) is 3.84. The highest BCUT2D eigenvalue weighted by Crippen LogP contribution is 2.25. The van der Waals surface area contributed by atoms with Gasteiger partial charge < -0.3 is 5.11 Å². The standard InChI is InChI=1S/C12H15N3O2/c1-12(2,8-11(16)17)7-10-14-13-9-5-3-4-6-15(9)10/h3-6H,7-8H2,1-2H3,(H,16,17). The lowest BCUT2D eigenvalue weighted by Crippen LogP contribution is -2.21. The molecule has 5 heteroatoms.